The highest BCUT2D eigenvalue weighted by Crippen LogP contribution is 2.43. The molecule has 3 rings (SSSR count). The molecule has 4 nitrogen and oxygen atoms in total. The Hall–Kier alpha value is -2.44. The van der Waals surface area contributed by atoms with Gasteiger partial charge in [-0.05, 0) is 49.2 Å². The van der Waals surface area contributed by atoms with Gasteiger partial charge in [0.1, 0.15) is 17.1 Å². The first-order valence-electron chi connectivity index (χ1n) is 10.2. The Kier molecular flexibility index (Phi) is 9.61. The molecule has 0 unspecified atom stereocenters. The third-order valence-corrected chi connectivity index (χ3v) is 4.94. The van der Waals surface area contributed by atoms with Crippen LogP contribution in [0.3, 0.4) is 0 Å². The number of nitrogens with zero attached hydrogens (tertiary/aromatic N) is 1. The Morgan fingerprint density at radius 3 is 1.24 bits per heavy atom. The van der Waals surface area contributed by atoms with Crippen LogP contribution in [0.5, 0.6) is 0 Å². The van der Waals surface area contributed by atoms with Gasteiger partial charge in [0.15, 0.2) is 0 Å². The van der Waals surface area contributed by atoms with Gasteiger partial charge >= 0.3 is 7.32 Å². The van der Waals surface area contributed by atoms with Gasteiger partial charge in [-0.15, -0.1) is 0 Å². The molecule has 0 atom stereocenters. The fraction of sp³-hybridized carbons (Fsp3) is 0.250. The molecule has 0 saturated heterocycles. The molecule has 5 heteroatoms. The fourth-order valence-corrected chi connectivity index (χ4v) is 3.66. The highest BCUT2D eigenvalue weighted by atomic mass is 16.5. The normalized spacial score (nSPS) is 10.8. The van der Waals surface area contributed by atoms with Crippen LogP contribution in [0.15, 0.2) is 91.0 Å². The quantitative estimate of drug-likeness (QED) is 0.281. The molecule has 29 heavy (non-hydrogen) atoms. The van der Waals surface area contributed by atoms with E-state index in [2.05, 4.69) is 97.9 Å². The summed E-state index contributed by atoms with van der Waals surface area (Å²) in [5, 5.41) is 21.5. The number of unbranched alkanes of at least 4 members (excludes halogenated alkanes) is 3. The molecule has 0 aliphatic heterocycles. The van der Waals surface area contributed by atoms with E-state index >= 15 is 0 Å². The van der Waals surface area contributed by atoms with Crippen LogP contribution in [-0.4, -0.2) is 28.9 Å². The zero-order valence-electron chi connectivity index (χ0n) is 17.1. The van der Waals surface area contributed by atoms with E-state index in [-0.39, 0.29) is 0 Å². The average Bonchev–Trinajstić information content (AvgIpc) is 2.76. The van der Waals surface area contributed by atoms with Crippen molar-refractivity contribution in [3.63, 3.8) is 0 Å². The molecule has 0 aliphatic rings. The maximum Gasteiger partial charge on any atom is 0.631 e. The second kappa shape index (κ2) is 12.2. The van der Waals surface area contributed by atoms with Crippen LogP contribution in [0.4, 0.5) is 17.1 Å². The van der Waals surface area contributed by atoms with Crippen LogP contribution >= 0.6 is 0 Å². The van der Waals surface area contributed by atoms with E-state index in [0.29, 0.717) is 0 Å². The van der Waals surface area contributed by atoms with E-state index in [1.54, 1.807) is 0 Å². The second-order valence-corrected chi connectivity index (χ2v) is 6.95. The van der Waals surface area contributed by atoms with Gasteiger partial charge in [0, 0.05) is 0 Å². The summed E-state index contributed by atoms with van der Waals surface area (Å²) in [7, 11) is -2.17. The first-order chi connectivity index (χ1) is 14.1. The highest BCUT2D eigenvalue weighted by molar-refractivity contribution is 6.30. The summed E-state index contributed by atoms with van der Waals surface area (Å²) in [6.07, 6.45) is 5.07. The minimum Gasteiger partial charge on any atom is -0.402 e. The van der Waals surface area contributed by atoms with Crippen LogP contribution in [0, 0.1) is 0 Å². The van der Waals surface area contributed by atoms with Crippen LogP contribution in [-0.2, 0) is 0 Å². The predicted molar refractivity (Wildman–Crippen MR) is 122 cm³/mol. The van der Waals surface area contributed by atoms with Crippen molar-refractivity contribution in [2.75, 3.05) is 6.54 Å². The molecule has 0 spiro atoms. The number of quaternary nitrogens is 1. The molecule has 0 amide bonds. The molecular formula is C24H31BNO3+. The maximum atomic E-state index is 7.17. The lowest BCUT2D eigenvalue weighted by Gasteiger charge is -2.37. The summed E-state index contributed by atoms with van der Waals surface area (Å²) >= 11 is 0. The first-order valence-corrected chi connectivity index (χ1v) is 10.2. The third-order valence-electron chi connectivity index (χ3n) is 4.94. The summed E-state index contributed by atoms with van der Waals surface area (Å²) in [4.78, 5) is 0. The molecular weight excluding hydrogens is 361 g/mol. The minimum absolute atomic E-state index is 0.784. The van der Waals surface area contributed by atoms with Gasteiger partial charge in [-0.2, -0.15) is 0 Å². The Morgan fingerprint density at radius 1 is 0.586 bits per heavy atom. The molecule has 0 saturated carbocycles. The zero-order chi connectivity index (χ0) is 21.0. The molecule has 0 aliphatic carbocycles. The molecule has 0 heterocycles. The van der Waals surface area contributed by atoms with Crippen molar-refractivity contribution < 1.29 is 15.1 Å². The van der Waals surface area contributed by atoms with E-state index < -0.39 is 7.32 Å². The second-order valence-electron chi connectivity index (χ2n) is 6.95. The summed E-state index contributed by atoms with van der Waals surface area (Å²) in [5.41, 5.74) is 3.99. The Labute approximate surface area is 174 Å². The number of benzene rings is 3. The molecule has 0 radical (unpaired) electrons. The first kappa shape index (κ1) is 22.8. The third kappa shape index (κ3) is 6.55. The summed E-state index contributed by atoms with van der Waals surface area (Å²) in [6, 6.07) is 32.8. The Morgan fingerprint density at radius 2 is 0.931 bits per heavy atom. The van der Waals surface area contributed by atoms with Gasteiger partial charge in [0.25, 0.3) is 0 Å². The number of hydrogen-bond donors (Lipinski definition) is 3. The topological polar surface area (TPSA) is 60.7 Å². The van der Waals surface area contributed by atoms with Gasteiger partial charge in [-0.25, -0.2) is 4.48 Å². The molecule has 152 valence electrons. The highest BCUT2D eigenvalue weighted by Gasteiger charge is 2.35. The van der Waals surface area contributed by atoms with Crippen LogP contribution in [0.1, 0.15) is 32.6 Å². The maximum absolute atomic E-state index is 7.17. The van der Waals surface area contributed by atoms with Gasteiger partial charge < -0.3 is 15.1 Å². The van der Waals surface area contributed by atoms with Crippen molar-refractivity contribution in [2.45, 2.75) is 32.6 Å². The summed E-state index contributed by atoms with van der Waals surface area (Å²) in [5.74, 6) is 0. The average molecular weight is 392 g/mol. The van der Waals surface area contributed by atoms with Gasteiger partial charge in [0.05, 0.1) is 6.54 Å². The minimum atomic E-state index is -2.17. The van der Waals surface area contributed by atoms with Crippen LogP contribution in [0.2, 0.25) is 0 Å². The lowest BCUT2D eigenvalue weighted by atomic mass is 10.1. The standard InChI is InChI=1S/C24H28N.BH3O3/c1-2-3-4-14-21-25(22-15-8-5-9-16-22,23-17-10-6-11-18-23)24-19-12-7-13-20-24;2-1(3)4/h5-13,15-20H,2-4,14,21H2,1H3;2-4H/q+1;. The van der Waals surface area contributed by atoms with Crippen LogP contribution < -0.4 is 4.48 Å². The Balaban J connectivity index is 0.000000687. The van der Waals surface area contributed by atoms with Crippen molar-refractivity contribution in [1.82, 2.24) is 4.48 Å². The van der Waals surface area contributed by atoms with E-state index in [0.717, 1.165) is 11.0 Å². The smallest absolute Gasteiger partial charge is 0.402 e. The van der Waals surface area contributed by atoms with Crippen LogP contribution in [0.25, 0.3) is 0 Å². The zero-order valence-corrected chi connectivity index (χ0v) is 17.1. The van der Waals surface area contributed by atoms with Crippen molar-refractivity contribution in [2.24, 2.45) is 0 Å². The number of para-hydroxylation sites is 3. The molecule has 0 bridgehead atoms. The van der Waals surface area contributed by atoms with E-state index in [1.165, 1.54) is 42.7 Å². The van der Waals surface area contributed by atoms with E-state index in [4.69, 9.17) is 15.1 Å². The number of rotatable bonds is 8. The largest absolute Gasteiger partial charge is 0.631 e. The molecule has 0 fully saturated rings. The summed E-state index contributed by atoms with van der Waals surface area (Å²) < 4.78 is 0.784. The molecule has 3 aromatic rings. The number of hydrogen-bond acceptors (Lipinski definition) is 3. The van der Waals surface area contributed by atoms with Crippen molar-refractivity contribution >= 4 is 24.4 Å². The Bertz CT molecular complexity index is 699. The van der Waals surface area contributed by atoms with Gasteiger partial charge in [0.2, 0.25) is 0 Å². The van der Waals surface area contributed by atoms with Gasteiger partial charge in [-0.1, -0.05) is 74.4 Å². The lowest BCUT2D eigenvalue weighted by molar-refractivity contribution is 0.278. The molecule has 3 aromatic carbocycles. The van der Waals surface area contributed by atoms with E-state index in [9.17, 15) is 0 Å². The monoisotopic (exact) mass is 392 g/mol. The lowest BCUT2D eigenvalue weighted by Crippen LogP contribution is -2.39. The summed E-state index contributed by atoms with van der Waals surface area (Å²) in [6.45, 7) is 3.35. The fourth-order valence-electron chi connectivity index (χ4n) is 3.66. The molecule has 0 aromatic heterocycles. The SMILES string of the molecule is CCCCCC[N+](c1ccccc1)(c1ccccc1)c1ccccc1.OB(O)O. The predicted octanol–water partition coefficient (Wildman–Crippen LogP) is 5.19. The molecule has 3 N–H and O–H groups in total. The van der Waals surface area contributed by atoms with E-state index in [1.807, 2.05) is 0 Å². The van der Waals surface area contributed by atoms with Crippen molar-refractivity contribution in [3.05, 3.63) is 91.0 Å². The van der Waals surface area contributed by atoms with Crippen molar-refractivity contribution in [3.8, 4) is 0 Å². The van der Waals surface area contributed by atoms with Gasteiger partial charge in [-0.3, -0.25) is 0 Å². The van der Waals surface area contributed by atoms with Crippen molar-refractivity contribution in [1.29, 1.82) is 0 Å².